The van der Waals surface area contributed by atoms with E-state index in [1.165, 1.54) is 12.8 Å². The van der Waals surface area contributed by atoms with Crippen LogP contribution >= 0.6 is 11.3 Å². The average Bonchev–Trinajstić information content (AvgIpc) is 3.03. The Labute approximate surface area is 114 Å². The molecule has 1 aliphatic heterocycles. The predicted octanol–water partition coefficient (Wildman–Crippen LogP) is 1.12. The summed E-state index contributed by atoms with van der Waals surface area (Å²) in [4.78, 5) is 8.02. The number of fused-ring (bicyclic) bond motifs is 1. The van der Waals surface area contributed by atoms with Crippen molar-refractivity contribution < 1.29 is 5.11 Å². The lowest BCUT2D eigenvalue weighted by Crippen LogP contribution is -2.33. The van der Waals surface area contributed by atoms with Gasteiger partial charge in [0.15, 0.2) is 11.0 Å². The number of anilines is 1. The van der Waals surface area contributed by atoms with Gasteiger partial charge in [0.25, 0.3) is 0 Å². The van der Waals surface area contributed by atoms with Crippen molar-refractivity contribution >= 4 is 16.5 Å². The number of rotatable bonds is 3. The minimum absolute atomic E-state index is 0.105. The first-order valence-electron chi connectivity index (χ1n) is 6.57. The maximum atomic E-state index is 9.46. The summed E-state index contributed by atoms with van der Waals surface area (Å²) >= 11 is 1.62. The second-order valence-electron chi connectivity index (χ2n) is 5.10. The topological polar surface area (TPSA) is 67.1 Å². The van der Waals surface area contributed by atoms with E-state index in [4.69, 9.17) is 4.98 Å². The van der Waals surface area contributed by atoms with Gasteiger partial charge in [0.2, 0.25) is 0 Å². The van der Waals surface area contributed by atoms with Crippen LogP contribution in [0.3, 0.4) is 0 Å². The van der Waals surface area contributed by atoms with E-state index in [2.05, 4.69) is 19.7 Å². The molecule has 1 aliphatic carbocycles. The van der Waals surface area contributed by atoms with Crippen LogP contribution in [-0.2, 0) is 19.7 Å². The van der Waals surface area contributed by atoms with Gasteiger partial charge in [-0.3, -0.25) is 0 Å². The SMILES string of the molecule is OCc1sc(N2CCn3cnnc3C2)nc1C1CC1. The zero-order valence-corrected chi connectivity index (χ0v) is 11.3. The van der Waals surface area contributed by atoms with Gasteiger partial charge in [0.1, 0.15) is 6.33 Å². The third-order valence-corrected chi connectivity index (χ3v) is 4.85. The molecule has 19 heavy (non-hydrogen) atoms. The quantitative estimate of drug-likeness (QED) is 0.910. The summed E-state index contributed by atoms with van der Waals surface area (Å²) in [6.07, 6.45) is 4.21. The number of nitrogens with zero attached hydrogens (tertiary/aromatic N) is 5. The standard InChI is InChI=1S/C12H15N5OS/c18-6-9-11(8-1-2-8)14-12(19-9)16-3-4-17-7-13-15-10(17)5-16/h7-8,18H,1-6H2. The van der Waals surface area contributed by atoms with Crippen LogP contribution in [0.1, 0.15) is 35.2 Å². The Morgan fingerprint density at radius 2 is 2.26 bits per heavy atom. The van der Waals surface area contributed by atoms with Crippen molar-refractivity contribution in [3.05, 3.63) is 22.7 Å². The van der Waals surface area contributed by atoms with Crippen molar-refractivity contribution in [2.24, 2.45) is 0 Å². The van der Waals surface area contributed by atoms with Crippen LogP contribution in [0.15, 0.2) is 6.33 Å². The maximum absolute atomic E-state index is 9.46. The van der Waals surface area contributed by atoms with Gasteiger partial charge in [-0.1, -0.05) is 11.3 Å². The molecule has 3 heterocycles. The lowest BCUT2D eigenvalue weighted by molar-refractivity contribution is 0.284. The fraction of sp³-hybridized carbons (Fsp3) is 0.583. The summed E-state index contributed by atoms with van der Waals surface area (Å²) in [5.74, 6) is 1.57. The van der Waals surface area contributed by atoms with Crippen LogP contribution in [0, 0.1) is 0 Å². The summed E-state index contributed by atoms with van der Waals surface area (Å²) in [6, 6.07) is 0. The molecule has 4 rings (SSSR count). The second-order valence-corrected chi connectivity index (χ2v) is 6.16. The van der Waals surface area contributed by atoms with E-state index in [0.29, 0.717) is 5.92 Å². The van der Waals surface area contributed by atoms with Gasteiger partial charge >= 0.3 is 0 Å². The molecule has 0 bridgehead atoms. The number of aliphatic hydroxyl groups is 1. The summed E-state index contributed by atoms with van der Waals surface area (Å²) < 4.78 is 2.08. The number of aliphatic hydroxyl groups excluding tert-OH is 1. The molecule has 0 aromatic carbocycles. The molecule has 2 aromatic heterocycles. The average molecular weight is 277 g/mol. The Morgan fingerprint density at radius 1 is 1.37 bits per heavy atom. The van der Waals surface area contributed by atoms with Gasteiger partial charge in [-0.25, -0.2) is 4.98 Å². The van der Waals surface area contributed by atoms with Crippen molar-refractivity contribution in [1.29, 1.82) is 0 Å². The third kappa shape index (κ3) is 1.93. The lowest BCUT2D eigenvalue weighted by Gasteiger charge is -2.26. The fourth-order valence-corrected chi connectivity index (χ4v) is 3.54. The summed E-state index contributed by atoms with van der Waals surface area (Å²) in [7, 11) is 0. The van der Waals surface area contributed by atoms with E-state index in [1.54, 1.807) is 17.7 Å². The zero-order valence-electron chi connectivity index (χ0n) is 10.5. The van der Waals surface area contributed by atoms with Crippen molar-refractivity contribution in [2.45, 2.75) is 38.5 Å². The van der Waals surface area contributed by atoms with Crippen molar-refractivity contribution in [3.8, 4) is 0 Å². The highest BCUT2D eigenvalue weighted by molar-refractivity contribution is 7.15. The van der Waals surface area contributed by atoms with Crippen LogP contribution in [0.25, 0.3) is 0 Å². The van der Waals surface area contributed by atoms with Gasteiger partial charge in [-0.2, -0.15) is 0 Å². The minimum Gasteiger partial charge on any atom is -0.391 e. The Hall–Kier alpha value is -1.47. The number of aromatic nitrogens is 4. The molecule has 6 nitrogen and oxygen atoms in total. The molecule has 1 saturated carbocycles. The van der Waals surface area contributed by atoms with E-state index >= 15 is 0 Å². The Kier molecular flexibility index (Phi) is 2.56. The molecule has 0 amide bonds. The highest BCUT2D eigenvalue weighted by Gasteiger charge is 2.31. The Morgan fingerprint density at radius 3 is 3.05 bits per heavy atom. The molecular weight excluding hydrogens is 262 g/mol. The summed E-state index contributed by atoms with van der Waals surface area (Å²) in [5.41, 5.74) is 1.12. The molecule has 100 valence electrons. The lowest BCUT2D eigenvalue weighted by atomic mass is 10.2. The molecule has 7 heteroatoms. The largest absolute Gasteiger partial charge is 0.391 e. The molecule has 1 N–H and O–H groups in total. The molecule has 0 unspecified atom stereocenters. The monoisotopic (exact) mass is 277 g/mol. The van der Waals surface area contributed by atoms with Crippen molar-refractivity contribution in [1.82, 2.24) is 19.7 Å². The molecule has 2 aliphatic rings. The van der Waals surface area contributed by atoms with E-state index in [9.17, 15) is 5.11 Å². The van der Waals surface area contributed by atoms with Gasteiger partial charge < -0.3 is 14.6 Å². The molecule has 0 radical (unpaired) electrons. The van der Waals surface area contributed by atoms with Gasteiger partial charge in [-0.15, -0.1) is 10.2 Å². The highest BCUT2D eigenvalue weighted by atomic mass is 32.1. The summed E-state index contributed by atoms with van der Waals surface area (Å²) in [6.45, 7) is 2.68. The van der Waals surface area contributed by atoms with Crippen LogP contribution < -0.4 is 4.90 Å². The van der Waals surface area contributed by atoms with E-state index in [-0.39, 0.29) is 6.61 Å². The first-order valence-corrected chi connectivity index (χ1v) is 7.39. The molecular formula is C12H15N5OS. The van der Waals surface area contributed by atoms with Gasteiger partial charge in [0.05, 0.1) is 23.7 Å². The molecule has 2 aromatic rings. The van der Waals surface area contributed by atoms with E-state index in [1.807, 2.05) is 0 Å². The van der Waals surface area contributed by atoms with Crippen molar-refractivity contribution in [3.63, 3.8) is 0 Å². The number of thiazole rings is 1. The minimum atomic E-state index is 0.105. The Bertz CT molecular complexity index is 603. The number of hydrogen-bond donors (Lipinski definition) is 1. The summed E-state index contributed by atoms with van der Waals surface area (Å²) in [5, 5.41) is 18.5. The highest BCUT2D eigenvalue weighted by Crippen LogP contribution is 2.44. The molecule has 0 saturated heterocycles. The number of hydrogen-bond acceptors (Lipinski definition) is 6. The van der Waals surface area contributed by atoms with Crippen LogP contribution in [-0.4, -0.2) is 31.4 Å². The predicted molar refractivity (Wildman–Crippen MR) is 71.1 cm³/mol. The van der Waals surface area contributed by atoms with Crippen LogP contribution in [0.5, 0.6) is 0 Å². The second kappa shape index (κ2) is 4.28. The third-order valence-electron chi connectivity index (χ3n) is 3.73. The van der Waals surface area contributed by atoms with E-state index in [0.717, 1.165) is 41.2 Å². The normalized spacial score (nSPS) is 18.7. The smallest absolute Gasteiger partial charge is 0.186 e. The first kappa shape index (κ1) is 11.4. The van der Waals surface area contributed by atoms with E-state index < -0.39 is 0 Å². The van der Waals surface area contributed by atoms with Crippen LogP contribution in [0.4, 0.5) is 5.13 Å². The Balaban J connectivity index is 1.63. The van der Waals surface area contributed by atoms with Gasteiger partial charge in [-0.05, 0) is 12.8 Å². The first-order chi connectivity index (χ1) is 9.35. The van der Waals surface area contributed by atoms with Crippen LogP contribution in [0.2, 0.25) is 0 Å². The molecule has 1 fully saturated rings. The van der Waals surface area contributed by atoms with Crippen molar-refractivity contribution in [2.75, 3.05) is 11.4 Å². The maximum Gasteiger partial charge on any atom is 0.186 e. The van der Waals surface area contributed by atoms with Gasteiger partial charge in [0, 0.05) is 19.0 Å². The molecule has 0 spiro atoms. The fourth-order valence-electron chi connectivity index (χ4n) is 2.50. The molecule has 0 atom stereocenters. The zero-order chi connectivity index (χ0) is 12.8.